The number of terminal acetylenes is 1. The second kappa shape index (κ2) is 8.66. The Morgan fingerprint density at radius 2 is 1.57 bits per heavy atom. The fourth-order valence-corrected chi connectivity index (χ4v) is 2.63. The minimum atomic E-state index is 1.08. The van der Waals surface area contributed by atoms with Gasteiger partial charge in [0.15, 0.2) is 0 Å². The molecule has 2 aromatic carbocycles. The average molecular weight is 303 g/mol. The Morgan fingerprint density at radius 1 is 0.957 bits per heavy atom. The van der Waals surface area contributed by atoms with Crippen LogP contribution in [-0.2, 0) is 0 Å². The first-order valence-corrected chi connectivity index (χ1v) is 7.58. The van der Waals surface area contributed by atoms with Crippen molar-refractivity contribution in [3.63, 3.8) is 0 Å². The Labute approximate surface area is 140 Å². The highest BCUT2D eigenvalue weighted by Crippen LogP contribution is 2.30. The Kier molecular flexibility index (Phi) is 6.90. The van der Waals surface area contributed by atoms with E-state index in [4.69, 9.17) is 0 Å². The third-order valence-electron chi connectivity index (χ3n) is 3.65. The van der Waals surface area contributed by atoms with E-state index in [0.717, 1.165) is 11.3 Å². The summed E-state index contributed by atoms with van der Waals surface area (Å²) >= 11 is 0. The van der Waals surface area contributed by atoms with Gasteiger partial charge in [0.1, 0.15) is 0 Å². The minimum absolute atomic E-state index is 1.08. The van der Waals surface area contributed by atoms with Crippen LogP contribution in [0, 0.1) is 19.8 Å². The van der Waals surface area contributed by atoms with Crippen LogP contribution in [0.1, 0.15) is 25.0 Å². The van der Waals surface area contributed by atoms with Gasteiger partial charge in [0.2, 0.25) is 0 Å². The van der Waals surface area contributed by atoms with E-state index >= 15 is 0 Å². The van der Waals surface area contributed by atoms with Crippen molar-refractivity contribution in [1.82, 2.24) is 5.32 Å². The zero-order valence-corrected chi connectivity index (χ0v) is 14.5. The zero-order valence-electron chi connectivity index (χ0n) is 14.5. The standard InChI is InChI=1S/C20H23N.C2H2/c1-14(2)20(16(4)21-5)19-12-15(3)11-18(13-19)17-9-7-6-8-10-17;1-2/h6-13,21H,1H2,2-5H3;1-2H/b20-16+;. The Bertz CT molecular complexity index is 718. The monoisotopic (exact) mass is 303 g/mol. The average Bonchev–Trinajstić information content (AvgIpc) is 2.56. The highest BCUT2D eigenvalue weighted by atomic mass is 14.8. The van der Waals surface area contributed by atoms with Gasteiger partial charge in [0, 0.05) is 18.3 Å². The van der Waals surface area contributed by atoms with Gasteiger partial charge in [-0.25, -0.2) is 0 Å². The molecule has 0 bridgehead atoms. The molecule has 0 saturated carbocycles. The molecule has 1 N–H and O–H groups in total. The van der Waals surface area contributed by atoms with E-state index in [2.05, 4.69) is 88.0 Å². The lowest BCUT2D eigenvalue weighted by Gasteiger charge is -2.15. The molecule has 0 fully saturated rings. The summed E-state index contributed by atoms with van der Waals surface area (Å²) in [6.07, 6.45) is 8.00. The van der Waals surface area contributed by atoms with Crippen molar-refractivity contribution < 1.29 is 0 Å². The van der Waals surface area contributed by atoms with Crippen molar-refractivity contribution in [2.24, 2.45) is 0 Å². The molecule has 2 aromatic rings. The summed E-state index contributed by atoms with van der Waals surface area (Å²) < 4.78 is 0. The van der Waals surface area contributed by atoms with Gasteiger partial charge in [-0.05, 0) is 54.7 Å². The van der Waals surface area contributed by atoms with Crippen LogP contribution in [0.4, 0.5) is 0 Å². The summed E-state index contributed by atoms with van der Waals surface area (Å²) in [6.45, 7) is 10.4. The molecule has 0 aliphatic rings. The van der Waals surface area contributed by atoms with Gasteiger partial charge in [-0.1, -0.05) is 49.0 Å². The molecule has 0 saturated heterocycles. The number of nitrogens with one attached hydrogen (secondary N) is 1. The van der Waals surface area contributed by atoms with E-state index in [1.807, 2.05) is 13.1 Å². The summed E-state index contributed by atoms with van der Waals surface area (Å²) in [6, 6.07) is 17.2. The topological polar surface area (TPSA) is 12.0 Å². The molecule has 0 heterocycles. The first kappa shape index (κ1) is 18.3. The van der Waals surface area contributed by atoms with Crippen LogP contribution >= 0.6 is 0 Å². The van der Waals surface area contributed by atoms with Crippen molar-refractivity contribution >= 4 is 5.57 Å². The van der Waals surface area contributed by atoms with Crippen molar-refractivity contribution in [2.45, 2.75) is 20.8 Å². The van der Waals surface area contributed by atoms with Crippen molar-refractivity contribution in [2.75, 3.05) is 7.05 Å². The molecular weight excluding hydrogens is 278 g/mol. The van der Waals surface area contributed by atoms with Crippen LogP contribution in [-0.4, -0.2) is 7.05 Å². The van der Waals surface area contributed by atoms with Gasteiger partial charge in [-0.2, -0.15) is 0 Å². The quantitative estimate of drug-likeness (QED) is 0.586. The number of hydrogen-bond donors (Lipinski definition) is 1. The maximum absolute atomic E-state index is 4.14. The smallest absolute Gasteiger partial charge is 0.0154 e. The van der Waals surface area contributed by atoms with Gasteiger partial charge in [-0.3, -0.25) is 0 Å². The van der Waals surface area contributed by atoms with Gasteiger partial charge < -0.3 is 5.32 Å². The maximum Gasteiger partial charge on any atom is 0.0154 e. The SMILES string of the molecule is C#C.C=C(C)/C(=C(/C)NC)c1cc(C)cc(-c2ccccc2)c1. The molecule has 0 unspecified atom stereocenters. The fraction of sp³-hybridized carbons (Fsp3) is 0.182. The number of benzene rings is 2. The van der Waals surface area contributed by atoms with E-state index in [9.17, 15) is 0 Å². The van der Waals surface area contributed by atoms with Gasteiger partial charge in [0.25, 0.3) is 0 Å². The lowest BCUT2D eigenvalue weighted by atomic mass is 9.92. The van der Waals surface area contributed by atoms with Crippen LogP contribution in [0.5, 0.6) is 0 Å². The highest BCUT2D eigenvalue weighted by Gasteiger charge is 2.09. The Balaban J connectivity index is 0.00000127. The molecule has 23 heavy (non-hydrogen) atoms. The molecule has 0 radical (unpaired) electrons. The minimum Gasteiger partial charge on any atom is -0.391 e. The lowest BCUT2D eigenvalue weighted by Crippen LogP contribution is -2.06. The maximum atomic E-state index is 4.14. The van der Waals surface area contributed by atoms with E-state index in [1.165, 1.54) is 27.8 Å². The summed E-state index contributed by atoms with van der Waals surface area (Å²) in [7, 11) is 1.95. The molecule has 0 aromatic heterocycles. The van der Waals surface area contributed by atoms with E-state index in [1.54, 1.807) is 0 Å². The normalized spacial score (nSPS) is 10.9. The Hall–Kier alpha value is -2.72. The molecule has 2 rings (SSSR count). The third kappa shape index (κ3) is 4.63. The molecule has 1 nitrogen and oxygen atoms in total. The number of aryl methyl sites for hydroxylation is 1. The molecule has 0 aliphatic carbocycles. The summed E-state index contributed by atoms with van der Waals surface area (Å²) in [4.78, 5) is 0. The van der Waals surface area contributed by atoms with Crippen molar-refractivity contribution in [1.29, 1.82) is 0 Å². The van der Waals surface area contributed by atoms with Crippen LogP contribution in [0.3, 0.4) is 0 Å². The predicted molar refractivity (Wildman–Crippen MR) is 103 cm³/mol. The third-order valence-corrected chi connectivity index (χ3v) is 3.65. The number of rotatable bonds is 4. The first-order chi connectivity index (χ1) is 11.0. The predicted octanol–water partition coefficient (Wildman–Crippen LogP) is 5.44. The van der Waals surface area contributed by atoms with Crippen molar-refractivity contribution in [3.05, 3.63) is 77.5 Å². The molecule has 0 amide bonds. The van der Waals surface area contributed by atoms with Crippen LogP contribution in [0.25, 0.3) is 16.7 Å². The zero-order chi connectivity index (χ0) is 17.4. The largest absolute Gasteiger partial charge is 0.391 e. The number of hydrogen-bond acceptors (Lipinski definition) is 1. The molecule has 0 aliphatic heterocycles. The second-order valence-corrected chi connectivity index (χ2v) is 5.48. The van der Waals surface area contributed by atoms with Gasteiger partial charge in [0.05, 0.1) is 0 Å². The van der Waals surface area contributed by atoms with E-state index < -0.39 is 0 Å². The summed E-state index contributed by atoms with van der Waals surface area (Å²) in [5.41, 5.74) is 8.37. The van der Waals surface area contributed by atoms with Crippen LogP contribution < -0.4 is 5.32 Å². The molecule has 1 heteroatoms. The van der Waals surface area contributed by atoms with E-state index in [0.29, 0.717) is 0 Å². The lowest BCUT2D eigenvalue weighted by molar-refractivity contribution is 0.992. The molecule has 118 valence electrons. The number of allylic oxidation sites excluding steroid dienone is 3. The summed E-state index contributed by atoms with van der Waals surface area (Å²) in [5, 5.41) is 3.24. The van der Waals surface area contributed by atoms with Gasteiger partial charge in [-0.15, -0.1) is 12.8 Å². The molecule has 0 atom stereocenters. The fourth-order valence-electron chi connectivity index (χ4n) is 2.63. The van der Waals surface area contributed by atoms with Crippen LogP contribution in [0.15, 0.2) is 66.4 Å². The first-order valence-electron chi connectivity index (χ1n) is 7.58. The van der Waals surface area contributed by atoms with Crippen LogP contribution in [0.2, 0.25) is 0 Å². The second-order valence-electron chi connectivity index (χ2n) is 5.48. The molecular formula is C22H25N. The highest BCUT2D eigenvalue weighted by molar-refractivity contribution is 5.82. The molecule has 0 spiro atoms. The Morgan fingerprint density at radius 3 is 2.09 bits per heavy atom. The van der Waals surface area contributed by atoms with Crippen molar-refractivity contribution in [3.8, 4) is 24.0 Å². The summed E-state index contributed by atoms with van der Waals surface area (Å²) in [5.74, 6) is 0. The van der Waals surface area contributed by atoms with E-state index in [-0.39, 0.29) is 0 Å². The van der Waals surface area contributed by atoms with Gasteiger partial charge >= 0.3 is 0 Å².